The number of carbonyl (C=O) groups is 3. The van der Waals surface area contributed by atoms with Gasteiger partial charge >= 0.3 is 5.97 Å². The standard InChI is InChI=1S/C23H39NO19/c1-7(28)24-13-8(29)2-23(22(38)39,43-20(13)15(34)10(31)4-26)40-6-12-16(35)17(36)18(37)21(41-12)42-19(11(32)5-27)14(33)9(30)3-25/h3,8-21,26-27,29-37H,2,4-6H2,1H3,(H,24,28)(H,38,39)/t8-,9-,10+,11+,12+,13+,14+,15+,16-,17-,18+,19+,20+,21-,23+/m0/s1. The Morgan fingerprint density at radius 1 is 1.00 bits per heavy atom. The van der Waals surface area contributed by atoms with Crippen LogP contribution in [0.25, 0.3) is 0 Å². The van der Waals surface area contributed by atoms with Gasteiger partial charge in [0.2, 0.25) is 5.91 Å². The number of nitrogens with one attached hydrogen (secondary N) is 1. The fourth-order valence-corrected chi connectivity index (χ4v) is 4.59. The maximum Gasteiger partial charge on any atom is 0.364 e. The summed E-state index contributed by atoms with van der Waals surface area (Å²) in [4.78, 5) is 34.9. The predicted molar refractivity (Wildman–Crippen MR) is 131 cm³/mol. The molecule has 13 N–H and O–H groups in total. The zero-order chi connectivity index (χ0) is 32.8. The zero-order valence-corrected chi connectivity index (χ0v) is 22.7. The summed E-state index contributed by atoms with van der Waals surface area (Å²) in [6, 6.07) is -1.50. The van der Waals surface area contributed by atoms with Crippen molar-refractivity contribution in [2.75, 3.05) is 19.8 Å². The molecule has 0 aromatic rings. The molecule has 15 atom stereocenters. The van der Waals surface area contributed by atoms with Crippen molar-refractivity contribution in [2.45, 2.75) is 105 Å². The van der Waals surface area contributed by atoms with Crippen molar-refractivity contribution in [1.82, 2.24) is 5.32 Å². The zero-order valence-electron chi connectivity index (χ0n) is 22.7. The Morgan fingerprint density at radius 2 is 1.60 bits per heavy atom. The van der Waals surface area contributed by atoms with Crippen LogP contribution in [0.4, 0.5) is 0 Å². The highest BCUT2D eigenvalue weighted by molar-refractivity contribution is 5.76. The maximum absolute atomic E-state index is 12.3. The van der Waals surface area contributed by atoms with E-state index in [1.807, 2.05) is 0 Å². The quantitative estimate of drug-likeness (QED) is 0.0744. The van der Waals surface area contributed by atoms with Crippen molar-refractivity contribution >= 4 is 18.2 Å². The molecule has 0 saturated carbocycles. The average Bonchev–Trinajstić information content (AvgIpc) is 2.97. The van der Waals surface area contributed by atoms with Gasteiger partial charge in [-0.05, 0) is 0 Å². The molecule has 0 aromatic heterocycles. The van der Waals surface area contributed by atoms with Crippen LogP contribution >= 0.6 is 0 Å². The molecular weight excluding hydrogens is 594 g/mol. The highest BCUT2D eigenvalue weighted by Gasteiger charge is 2.57. The van der Waals surface area contributed by atoms with Gasteiger partial charge in [0.25, 0.3) is 5.79 Å². The molecular formula is C23H39NO19. The summed E-state index contributed by atoms with van der Waals surface area (Å²) < 4.78 is 21.4. The van der Waals surface area contributed by atoms with Gasteiger partial charge in [-0.1, -0.05) is 0 Å². The third kappa shape index (κ3) is 8.59. The highest BCUT2D eigenvalue weighted by Crippen LogP contribution is 2.35. The minimum Gasteiger partial charge on any atom is -0.477 e. The number of hydrogen-bond acceptors (Lipinski definition) is 18. The van der Waals surface area contributed by atoms with Crippen LogP contribution in [0.15, 0.2) is 0 Å². The van der Waals surface area contributed by atoms with E-state index in [2.05, 4.69) is 5.32 Å². The van der Waals surface area contributed by atoms with E-state index in [4.69, 9.17) is 18.9 Å². The van der Waals surface area contributed by atoms with Crippen LogP contribution in [0.3, 0.4) is 0 Å². The number of carboxylic acids is 1. The van der Waals surface area contributed by atoms with E-state index in [-0.39, 0.29) is 6.29 Å². The predicted octanol–water partition coefficient (Wildman–Crippen LogP) is -8.38. The van der Waals surface area contributed by atoms with E-state index in [0.29, 0.717) is 0 Å². The van der Waals surface area contributed by atoms with Gasteiger partial charge in [-0.25, -0.2) is 4.79 Å². The van der Waals surface area contributed by atoms with Crippen LogP contribution in [0, 0.1) is 0 Å². The highest BCUT2D eigenvalue weighted by atomic mass is 16.7. The number of hydrogen-bond donors (Lipinski definition) is 13. The molecule has 1 amide bonds. The van der Waals surface area contributed by atoms with Gasteiger partial charge < -0.3 is 90.3 Å². The van der Waals surface area contributed by atoms with Crippen LogP contribution in [-0.4, -0.2) is 191 Å². The molecule has 2 rings (SSSR count). The SMILES string of the molecule is CC(=O)N[C@H]1[C@H]([C@H](O)[C@H](O)CO)O[C@@](OC[C@H]2O[C@@H](O[C@@H]([C@H](O)[C@@H](O)C=O)[C@H](O)CO)[C@H](O)[C@@H](O)[C@H]2O)(C(=O)O)C[C@@H]1O. The molecule has 20 nitrogen and oxygen atoms in total. The number of carboxylic acid groups (broad SMARTS) is 1. The van der Waals surface area contributed by atoms with Crippen molar-refractivity contribution in [3.8, 4) is 0 Å². The molecule has 2 fully saturated rings. The molecule has 2 heterocycles. The summed E-state index contributed by atoms with van der Waals surface area (Å²) in [5, 5.41) is 123. The first kappa shape index (κ1) is 37.2. The summed E-state index contributed by atoms with van der Waals surface area (Å²) in [5.41, 5.74) is 0. The van der Waals surface area contributed by atoms with Crippen LogP contribution in [0.5, 0.6) is 0 Å². The first-order chi connectivity index (χ1) is 20.0. The van der Waals surface area contributed by atoms with Crippen molar-refractivity contribution in [1.29, 1.82) is 0 Å². The molecule has 20 heteroatoms. The monoisotopic (exact) mass is 633 g/mol. The Balaban J connectivity index is 2.33. The van der Waals surface area contributed by atoms with Crippen molar-refractivity contribution < 1.29 is 94.6 Å². The summed E-state index contributed by atoms with van der Waals surface area (Å²) in [5.74, 6) is -5.51. The topological polar surface area (TPSA) is 343 Å². The third-order valence-electron chi connectivity index (χ3n) is 7.02. The van der Waals surface area contributed by atoms with Gasteiger partial charge in [0.05, 0.1) is 32.0 Å². The second-order valence-electron chi connectivity index (χ2n) is 10.2. The minimum absolute atomic E-state index is 0.122. The van der Waals surface area contributed by atoms with Crippen molar-refractivity contribution in [3.05, 3.63) is 0 Å². The lowest BCUT2D eigenvalue weighted by Gasteiger charge is -2.47. The summed E-state index contributed by atoms with van der Waals surface area (Å²) >= 11 is 0. The molecule has 2 saturated heterocycles. The van der Waals surface area contributed by atoms with E-state index >= 15 is 0 Å². The number of rotatable bonds is 15. The number of aliphatic carboxylic acids is 1. The Hall–Kier alpha value is -1.99. The fraction of sp³-hybridized carbons (Fsp3) is 0.870. The Labute approximate surface area is 243 Å². The number of carbonyl (C=O) groups excluding carboxylic acids is 2. The average molecular weight is 634 g/mol. The number of aliphatic hydroxyl groups is 11. The molecule has 2 aliphatic rings. The molecule has 0 bridgehead atoms. The lowest BCUT2D eigenvalue weighted by atomic mass is 9.88. The molecule has 0 unspecified atom stereocenters. The van der Waals surface area contributed by atoms with E-state index in [0.717, 1.165) is 6.92 Å². The minimum atomic E-state index is -2.87. The second-order valence-corrected chi connectivity index (χ2v) is 10.2. The van der Waals surface area contributed by atoms with Crippen molar-refractivity contribution in [3.63, 3.8) is 0 Å². The van der Waals surface area contributed by atoms with Crippen LogP contribution < -0.4 is 5.32 Å². The Kier molecular flexibility index (Phi) is 13.7. The molecule has 43 heavy (non-hydrogen) atoms. The Bertz CT molecular complexity index is 927. The maximum atomic E-state index is 12.3. The first-order valence-electron chi connectivity index (χ1n) is 13.0. The smallest absolute Gasteiger partial charge is 0.364 e. The third-order valence-corrected chi connectivity index (χ3v) is 7.02. The van der Waals surface area contributed by atoms with E-state index in [1.54, 1.807) is 0 Å². The molecule has 0 aliphatic carbocycles. The lowest BCUT2D eigenvalue weighted by Crippen LogP contribution is -2.68. The second kappa shape index (κ2) is 15.8. The fourth-order valence-electron chi connectivity index (χ4n) is 4.59. The number of ether oxygens (including phenoxy) is 4. The summed E-state index contributed by atoms with van der Waals surface area (Å²) in [6.45, 7) is -2.09. The van der Waals surface area contributed by atoms with Gasteiger partial charge in [-0.2, -0.15) is 0 Å². The van der Waals surface area contributed by atoms with Crippen LogP contribution in [-0.2, 0) is 33.3 Å². The Morgan fingerprint density at radius 3 is 2.12 bits per heavy atom. The van der Waals surface area contributed by atoms with Gasteiger partial charge in [0.1, 0.15) is 67.1 Å². The molecule has 0 aromatic carbocycles. The molecule has 2 aliphatic heterocycles. The van der Waals surface area contributed by atoms with Gasteiger partial charge in [-0.3, -0.25) is 4.79 Å². The van der Waals surface area contributed by atoms with Gasteiger partial charge in [0.15, 0.2) is 12.6 Å². The van der Waals surface area contributed by atoms with E-state index in [9.17, 15) is 75.7 Å². The molecule has 0 radical (unpaired) electrons. The molecule has 250 valence electrons. The summed E-state index contributed by atoms with van der Waals surface area (Å²) in [7, 11) is 0. The van der Waals surface area contributed by atoms with E-state index < -0.39 is 129 Å². The van der Waals surface area contributed by atoms with Gasteiger partial charge in [-0.15, -0.1) is 0 Å². The largest absolute Gasteiger partial charge is 0.477 e. The number of aliphatic hydroxyl groups excluding tert-OH is 11. The van der Waals surface area contributed by atoms with E-state index in [1.165, 1.54) is 0 Å². The normalized spacial score (nSPS) is 37.4. The summed E-state index contributed by atoms with van der Waals surface area (Å²) in [6.07, 6.45) is -27.1. The van der Waals surface area contributed by atoms with Crippen LogP contribution in [0.2, 0.25) is 0 Å². The van der Waals surface area contributed by atoms with Crippen molar-refractivity contribution in [2.24, 2.45) is 0 Å². The first-order valence-corrected chi connectivity index (χ1v) is 13.0. The lowest BCUT2D eigenvalue weighted by molar-refractivity contribution is -0.348. The molecule has 0 spiro atoms. The number of amides is 1. The van der Waals surface area contributed by atoms with Crippen LogP contribution in [0.1, 0.15) is 13.3 Å². The number of aldehydes is 1. The van der Waals surface area contributed by atoms with Gasteiger partial charge in [0, 0.05) is 13.3 Å².